The summed E-state index contributed by atoms with van der Waals surface area (Å²) in [5, 5.41) is 6.79. The molecule has 0 saturated heterocycles. The van der Waals surface area contributed by atoms with Gasteiger partial charge in [-0.3, -0.25) is 4.99 Å². The highest BCUT2D eigenvalue weighted by molar-refractivity contribution is 14.0. The number of hydrogen-bond donors (Lipinski definition) is 2. The number of aliphatic imine (C=N–C) groups is 1. The minimum Gasteiger partial charge on any atom is -0.356 e. The molecule has 1 rings (SSSR count). The van der Waals surface area contributed by atoms with Crippen LogP contribution < -0.4 is 10.6 Å². The molecule has 1 aromatic carbocycles. The number of nitrogens with one attached hydrogen (secondary N) is 2. The van der Waals surface area contributed by atoms with E-state index in [9.17, 15) is 0 Å². The summed E-state index contributed by atoms with van der Waals surface area (Å²) in [6.07, 6.45) is 2.40. The fourth-order valence-electron chi connectivity index (χ4n) is 2.35. The summed E-state index contributed by atoms with van der Waals surface area (Å²) in [5.41, 5.74) is 2.61. The summed E-state index contributed by atoms with van der Waals surface area (Å²) in [5.74, 6) is 1.59. The van der Waals surface area contributed by atoms with Gasteiger partial charge >= 0.3 is 0 Å². The lowest BCUT2D eigenvalue weighted by Crippen LogP contribution is -2.39. The second-order valence-corrected chi connectivity index (χ2v) is 6.04. The quantitative estimate of drug-likeness (QED) is 0.376. The molecular weight excluding hydrogens is 399 g/mol. The third-order valence-electron chi connectivity index (χ3n) is 3.92. The summed E-state index contributed by atoms with van der Waals surface area (Å²) < 4.78 is 0. The highest BCUT2D eigenvalue weighted by Crippen LogP contribution is 2.06. The molecule has 132 valence electrons. The van der Waals surface area contributed by atoms with Gasteiger partial charge in [-0.25, -0.2) is 0 Å². The normalized spacial score (nSPS) is 11.5. The van der Waals surface area contributed by atoms with E-state index in [1.807, 2.05) is 7.05 Å². The van der Waals surface area contributed by atoms with Crippen LogP contribution in [0.25, 0.3) is 0 Å². The maximum atomic E-state index is 4.29. The van der Waals surface area contributed by atoms with Gasteiger partial charge in [0.15, 0.2) is 5.96 Å². The summed E-state index contributed by atoms with van der Waals surface area (Å²) in [6, 6.07) is 8.74. The second kappa shape index (κ2) is 12.6. The maximum Gasteiger partial charge on any atom is 0.191 e. The van der Waals surface area contributed by atoms with Gasteiger partial charge in [0.1, 0.15) is 0 Å². The zero-order valence-corrected chi connectivity index (χ0v) is 17.6. The monoisotopic (exact) mass is 432 g/mol. The van der Waals surface area contributed by atoms with Gasteiger partial charge < -0.3 is 15.5 Å². The average molecular weight is 432 g/mol. The van der Waals surface area contributed by atoms with E-state index in [4.69, 9.17) is 0 Å². The number of benzene rings is 1. The first-order valence-corrected chi connectivity index (χ1v) is 8.26. The zero-order chi connectivity index (χ0) is 16.4. The fourth-order valence-corrected chi connectivity index (χ4v) is 2.35. The van der Waals surface area contributed by atoms with Crippen molar-refractivity contribution >= 4 is 29.9 Å². The third-order valence-corrected chi connectivity index (χ3v) is 3.92. The minimum absolute atomic E-state index is 0. The Hall–Kier alpha value is -0.820. The van der Waals surface area contributed by atoms with E-state index in [2.05, 4.69) is 72.7 Å². The van der Waals surface area contributed by atoms with Gasteiger partial charge in [0.2, 0.25) is 0 Å². The van der Waals surface area contributed by atoms with Crippen molar-refractivity contribution in [2.24, 2.45) is 10.9 Å². The Morgan fingerprint density at radius 3 is 2.09 bits per heavy atom. The summed E-state index contributed by atoms with van der Waals surface area (Å²) in [7, 11) is 6.00. The van der Waals surface area contributed by atoms with Gasteiger partial charge in [0, 0.05) is 26.7 Å². The van der Waals surface area contributed by atoms with Crippen molar-refractivity contribution < 1.29 is 0 Å². The number of rotatable bonds is 8. The van der Waals surface area contributed by atoms with E-state index in [0.717, 1.165) is 25.6 Å². The fraction of sp³-hybridized carbons (Fsp3) is 0.611. The lowest BCUT2D eigenvalue weighted by molar-refractivity contribution is 0.402. The molecule has 0 aliphatic carbocycles. The molecule has 5 heteroatoms. The predicted molar refractivity (Wildman–Crippen MR) is 112 cm³/mol. The van der Waals surface area contributed by atoms with Crippen LogP contribution in [0.5, 0.6) is 0 Å². The molecule has 0 aliphatic rings. The Balaban J connectivity index is 0.00000484. The Kier molecular flexibility index (Phi) is 12.1. The second-order valence-electron chi connectivity index (χ2n) is 6.04. The van der Waals surface area contributed by atoms with E-state index < -0.39 is 0 Å². The molecule has 0 spiro atoms. The van der Waals surface area contributed by atoms with Crippen LogP contribution in [0, 0.1) is 5.92 Å². The number of nitrogens with zero attached hydrogens (tertiary/aromatic N) is 2. The molecule has 0 bridgehead atoms. The topological polar surface area (TPSA) is 39.7 Å². The van der Waals surface area contributed by atoms with Gasteiger partial charge in [0.25, 0.3) is 0 Å². The van der Waals surface area contributed by atoms with Crippen molar-refractivity contribution in [2.75, 3.05) is 27.7 Å². The number of halogens is 1. The molecule has 1 aromatic rings. The van der Waals surface area contributed by atoms with Crippen LogP contribution >= 0.6 is 24.0 Å². The lowest BCUT2D eigenvalue weighted by atomic mass is 10.0. The third kappa shape index (κ3) is 9.15. The molecule has 0 fully saturated rings. The number of hydrogen-bond acceptors (Lipinski definition) is 2. The first-order valence-electron chi connectivity index (χ1n) is 8.26. The predicted octanol–water partition coefficient (Wildman–Crippen LogP) is 3.47. The van der Waals surface area contributed by atoms with Crippen LogP contribution in [0.1, 0.15) is 37.8 Å². The molecule has 4 nitrogen and oxygen atoms in total. The molecule has 0 radical (unpaired) electrons. The Morgan fingerprint density at radius 2 is 1.61 bits per heavy atom. The van der Waals surface area contributed by atoms with Crippen molar-refractivity contribution in [3.63, 3.8) is 0 Å². The minimum atomic E-state index is 0. The Morgan fingerprint density at radius 1 is 1.04 bits per heavy atom. The van der Waals surface area contributed by atoms with Crippen molar-refractivity contribution in [2.45, 2.75) is 39.8 Å². The van der Waals surface area contributed by atoms with Crippen molar-refractivity contribution in [3.05, 3.63) is 35.4 Å². The number of guanidine groups is 1. The van der Waals surface area contributed by atoms with Crippen LogP contribution in [0.3, 0.4) is 0 Å². The molecular formula is C18H33IN4. The smallest absolute Gasteiger partial charge is 0.191 e. The Bertz CT molecular complexity index is 439. The van der Waals surface area contributed by atoms with Crippen LogP contribution in [-0.2, 0) is 13.1 Å². The molecule has 0 amide bonds. The maximum absolute atomic E-state index is 4.29. The van der Waals surface area contributed by atoms with Crippen LogP contribution in [0.15, 0.2) is 29.3 Å². The Labute approximate surface area is 159 Å². The highest BCUT2D eigenvalue weighted by atomic mass is 127. The lowest BCUT2D eigenvalue weighted by Gasteiger charge is -2.17. The first-order chi connectivity index (χ1) is 10.6. The van der Waals surface area contributed by atoms with Gasteiger partial charge in [-0.05, 0) is 31.1 Å². The van der Waals surface area contributed by atoms with Crippen molar-refractivity contribution in [1.82, 2.24) is 15.5 Å². The van der Waals surface area contributed by atoms with Crippen LogP contribution in [0.4, 0.5) is 0 Å². The SMILES string of the molecule is CCC(CC)CNC(=NC)NCc1ccc(CN(C)C)cc1.I. The van der Waals surface area contributed by atoms with Crippen molar-refractivity contribution in [1.29, 1.82) is 0 Å². The van der Waals surface area contributed by atoms with E-state index in [0.29, 0.717) is 5.92 Å². The molecule has 0 heterocycles. The largest absolute Gasteiger partial charge is 0.356 e. The molecule has 0 saturated carbocycles. The van der Waals surface area contributed by atoms with Crippen LogP contribution in [-0.4, -0.2) is 38.5 Å². The van der Waals surface area contributed by atoms with Crippen LogP contribution in [0.2, 0.25) is 0 Å². The molecule has 0 atom stereocenters. The van der Waals surface area contributed by atoms with Gasteiger partial charge in [-0.2, -0.15) is 0 Å². The van der Waals surface area contributed by atoms with E-state index in [1.165, 1.54) is 24.0 Å². The molecule has 0 aliphatic heterocycles. The first kappa shape index (κ1) is 22.2. The average Bonchev–Trinajstić information content (AvgIpc) is 2.52. The molecule has 0 aromatic heterocycles. The van der Waals surface area contributed by atoms with E-state index >= 15 is 0 Å². The van der Waals surface area contributed by atoms with Gasteiger partial charge in [-0.15, -0.1) is 24.0 Å². The highest BCUT2D eigenvalue weighted by Gasteiger charge is 2.05. The molecule has 23 heavy (non-hydrogen) atoms. The summed E-state index contributed by atoms with van der Waals surface area (Å²) in [4.78, 5) is 6.47. The molecule has 2 N–H and O–H groups in total. The summed E-state index contributed by atoms with van der Waals surface area (Å²) in [6.45, 7) is 7.23. The van der Waals surface area contributed by atoms with Gasteiger partial charge in [-0.1, -0.05) is 51.0 Å². The zero-order valence-electron chi connectivity index (χ0n) is 15.2. The van der Waals surface area contributed by atoms with E-state index in [1.54, 1.807) is 0 Å². The van der Waals surface area contributed by atoms with E-state index in [-0.39, 0.29) is 24.0 Å². The summed E-state index contributed by atoms with van der Waals surface area (Å²) >= 11 is 0. The van der Waals surface area contributed by atoms with Crippen molar-refractivity contribution in [3.8, 4) is 0 Å². The standard InChI is InChI=1S/C18H32N4.HI/c1-6-15(7-2)12-20-18(19-3)21-13-16-8-10-17(11-9-16)14-22(4)5;/h8-11,15H,6-7,12-14H2,1-5H3,(H2,19,20,21);1H. The molecule has 0 unspecified atom stereocenters. The van der Waals surface area contributed by atoms with Gasteiger partial charge in [0.05, 0.1) is 0 Å².